The number of carbonyl (C=O) groups is 2. The van der Waals surface area contributed by atoms with Crippen LogP contribution < -0.4 is 10.6 Å². The number of aromatic nitrogens is 1. The van der Waals surface area contributed by atoms with E-state index in [4.69, 9.17) is 0 Å². The lowest BCUT2D eigenvalue weighted by molar-refractivity contribution is -0.114. The van der Waals surface area contributed by atoms with Crippen LogP contribution in [0.15, 0.2) is 72.1 Å². The average Bonchev–Trinajstić information content (AvgIpc) is 3.30. The number of amides is 2. The highest BCUT2D eigenvalue weighted by Crippen LogP contribution is 2.26. The van der Waals surface area contributed by atoms with Crippen molar-refractivity contribution in [3.63, 3.8) is 0 Å². The summed E-state index contributed by atoms with van der Waals surface area (Å²) < 4.78 is 3.18. The third-order valence-corrected chi connectivity index (χ3v) is 5.54. The molecule has 0 aliphatic carbocycles. The van der Waals surface area contributed by atoms with Crippen LogP contribution in [0, 0.1) is 0 Å². The zero-order valence-corrected chi connectivity index (χ0v) is 16.8. The molecule has 0 aliphatic heterocycles. The number of nitrogens with one attached hydrogen (secondary N) is 2. The summed E-state index contributed by atoms with van der Waals surface area (Å²) in [5, 5.41) is 7.73. The van der Waals surface area contributed by atoms with Gasteiger partial charge in [-0.3, -0.25) is 9.59 Å². The van der Waals surface area contributed by atoms with Crippen molar-refractivity contribution in [2.24, 2.45) is 0 Å². The Hall–Kier alpha value is -3.38. The van der Waals surface area contributed by atoms with Gasteiger partial charge in [0.1, 0.15) is 5.69 Å². The van der Waals surface area contributed by atoms with Gasteiger partial charge in [0.25, 0.3) is 5.91 Å². The van der Waals surface area contributed by atoms with E-state index in [9.17, 15) is 9.59 Å². The predicted octanol–water partition coefficient (Wildman–Crippen LogP) is 5.16. The molecule has 0 fully saturated rings. The second-order valence-electron chi connectivity index (χ2n) is 6.80. The van der Waals surface area contributed by atoms with E-state index in [0.29, 0.717) is 17.1 Å². The van der Waals surface area contributed by atoms with Crippen molar-refractivity contribution in [3.05, 3.63) is 83.4 Å². The summed E-state index contributed by atoms with van der Waals surface area (Å²) in [5.74, 6) is -0.271. The van der Waals surface area contributed by atoms with Crippen LogP contribution in [0.5, 0.6) is 0 Å². The van der Waals surface area contributed by atoms with Gasteiger partial charge in [-0.05, 0) is 53.8 Å². The van der Waals surface area contributed by atoms with E-state index in [-0.39, 0.29) is 11.8 Å². The Morgan fingerprint density at radius 3 is 2.31 bits per heavy atom. The lowest BCUT2D eigenvalue weighted by Gasteiger charge is -2.11. The van der Waals surface area contributed by atoms with Gasteiger partial charge in [-0.2, -0.15) is 0 Å². The zero-order chi connectivity index (χ0) is 20.2. The maximum absolute atomic E-state index is 13.0. The summed E-state index contributed by atoms with van der Waals surface area (Å²) in [6, 6.07) is 21.4. The Morgan fingerprint density at radius 1 is 0.931 bits per heavy atom. The third-order valence-electron chi connectivity index (χ3n) is 4.69. The van der Waals surface area contributed by atoms with Gasteiger partial charge in [-0.25, -0.2) is 0 Å². The zero-order valence-electron chi connectivity index (χ0n) is 16.0. The molecular formula is C23H21N3O2S. The second kappa shape index (κ2) is 8.32. The molecular weight excluding hydrogens is 382 g/mol. The van der Waals surface area contributed by atoms with Gasteiger partial charge in [-0.15, -0.1) is 11.3 Å². The molecule has 0 saturated heterocycles. The molecule has 2 aromatic carbocycles. The number of hydrogen-bond acceptors (Lipinski definition) is 3. The molecule has 0 aliphatic rings. The van der Waals surface area contributed by atoms with Gasteiger partial charge in [0.2, 0.25) is 5.91 Å². The van der Waals surface area contributed by atoms with Crippen molar-refractivity contribution in [2.75, 3.05) is 10.6 Å². The molecule has 0 radical (unpaired) electrons. The molecule has 2 amide bonds. The van der Waals surface area contributed by atoms with Crippen LogP contribution in [0.25, 0.3) is 10.2 Å². The lowest BCUT2D eigenvalue weighted by Crippen LogP contribution is -2.18. The molecule has 4 rings (SSSR count). The van der Waals surface area contributed by atoms with E-state index in [0.717, 1.165) is 23.2 Å². The molecule has 5 nitrogen and oxygen atoms in total. The number of anilines is 2. The van der Waals surface area contributed by atoms with E-state index < -0.39 is 0 Å². The van der Waals surface area contributed by atoms with Crippen LogP contribution in [-0.4, -0.2) is 16.4 Å². The Balaban J connectivity index is 1.54. The highest BCUT2D eigenvalue weighted by atomic mass is 32.1. The van der Waals surface area contributed by atoms with Gasteiger partial charge in [0.15, 0.2) is 0 Å². The molecule has 0 atom stereocenters. The van der Waals surface area contributed by atoms with Crippen LogP contribution in [0.4, 0.5) is 11.4 Å². The van der Waals surface area contributed by atoms with Crippen molar-refractivity contribution in [1.82, 2.24) is 4.57 Å². The maximum Gasteiger partial charge on any atom is 0.272 e. The van der Waals surface area contributed by atoms with Crippen molar-refractivity contribution in [2.45, 2.75) is 19.9 Å². The Kier molecular flexibility index (Phi) is 5.44. The van der Waals surface area contributed by atoms with E-state index in [1.807, 2.05) is 29.6 Å². The molecule has 0 unspecified atom stereocenters. The Bertz CT molecular complexity index is 1140. The molecule has 29 heavy (non-hydrogen) atoms. The molecule has 0 saturated carbocycles. The minimum atomic E-state index is -0.145. The number of carbonyl (C=O) groups excluding carboxylic acids is 2. The standard InChI is InChI=1S/C23H21N3O2S/c1-16(27)24-18-7-9-19(10-8-18)25-23(28)21-15-22-20(12-14-29-22)26(21)13-11-17-5-3-2-4-6-17/h2-10,12,14-15H,11,13H2,1H3,(H,24,27)(H,25,28). The van der Waals surface area contributed by atoms with E-state index in [1.54, 1.807) is 35.6 Å². The number of aryl methyl sites for hydroxylation is 2. The number of thiophene rings is 1. The third kappa shape index (κ3) is 4.38. The first-order chi connectivity index (χ1) is 14.1. The quantitative estimate of drug-likeness (QED) is 0.467. The fourth-order valence-electron chi connectivity index (χ4n) is 3.33. The first-order valence-corrected chi connectivity index (χ1v) is 10.3. The van der Waals surface area contributed by atoms with Gasteiger partial charge in [-0.1, -0.05) is 30.3 Å². The van der Waals surface area contributed by atoms with Crippen LogP contribution in [0.3, 0.4) is 0 Å². The molecule has 2 N–H and O–H groups in total. The summed E-state index contributed by atoms with van der Waals surface area (Å²) in [5.41, 5.74) is 4.35. The molecule has 6 heteroatoms. The van der Waals surface area contributed by atoms with Crippen LogP contribution in [-0.2, 0) is 17.8 Å². The summed E-state index contributed by atoms with van der Waals surface area (Å²) in [4.78, 5) is 24.1. The minimum Gasteiger partial charge on any atom is -0.335 e. The average molecular weight is 404 g/mol. The Morgan fingerprint density at radius 2 is 1.62 bits per heavy atom. The topological polar surface area (TPSA) is 63.1 Å². The van der Waals surface area contributed by atoms with Crippen molar-refractivity contribution >= 4 is 44.7 Å². The van der Waals surface area contributed by atoms with Crippen molar-refractivity contribution < 1.29 is 9.59 Å². The van der Waals surface area contributed by atoms with Crippen molar-refractivity contribution in [1.29, 1.82) is 0 Å². The van der Waals surface area contributed by atoms with Crippen LogP contribution in [0.2, 0.25) is 0 Å². The van der Waals surface area contributed by atoms with Crippen LogP contribution in [0.1, 0.15) is 23.0 Å². The molecule has 0 spiro atoms. The van der Waals surface area contributed by atoms with E-state index in [1.165, 1.54) is 12.5 Å². The molecule has 2 aromatic heterocycles. The highest BCUT2D eigenvalue weighted by Gasteiger charge is 2.16. The number of nitrogens with zero attached hydrogens (tertiary/aromatic N) is 1. The highest BCUT2D eigenvalue weighted by molar-refractivity contribution is 7.17. The number of benzene rings is 2. The van der Waals surface area contributed by atoms with Gasteiger partial charge in [0, 0.05) is 24.8 Å². The molecule has 146 valence electrons. The molecule has 4 aromatic rings. The number of fused-ring (bicyclic) bond motifs is 1. The molecule has 2 heterocycles. The SMILES string of the molecule is CC(=O)Nc1ccc(NC(=O)c2cc3sccc3n2CCc2ccccc2)cc1. The number of rotatable bonds is 6. The number of hydrogen-bond donors (Lipinski definition) is 2. The largest absolute Gasteiger partial charge is 0.335 e. The smallest absolute Gasteiger partial charge is 0.272 e. The fraction of sp³-hybridized carbons (Fsp3) is 0.130. The lowest BCUT2D eigenvalue weighted by atomic mass is 10.1. The van der Waals surface area contributed by atoms with Gasteiger partial charge >= 0.3 is 0 Å². The van der Waals surface area contributed by atoms with E-state index in [2.05, 4.69) is 33.4 Å². The fourth-order valence-corrected chi connectivity index (χ4v) is 4.15. The van der Waals surface area contributed by atoms with Crippen LogP contribution >= 0.6 is 11.3 Å². The monoisotopic (exact) mass is 403 g/mol. The minimum absolute atomic E-state index is 0.127. The van der Waals surface area contributed by atoms with Gasteiger partial charge in [0.05, 0.1) is 10.2 Å². The summed E-state index contributed by atoms with van der Waals surface area (Å²) in [6.45, 7) is 2.19. The van der Waals surface area contributed by atoms with E-state index >= 15 is 0 Å². The van der Waals surface area contributed by atoms with Crippen molar-refractivity contribution in [3.8, 4) is 0 Å². The summed E-state index contributed by atoms with van der Waals surface area (Å²) >= 11 is 1.63. The summed E-state index contributed by atoms with van der Waals surface area (Å²) in [7, 11) is 0. The first kappa shape index (κ1) is 19.0. The molecule has 0 bridgehead atoms. The normalized spacial score (nSPS) is 10.8. The Labute approximate surface area is 173 Å². The predicted molar refractivity (Wildman–Crippen MR) is 119 cm³/mol. The van der Waals surface area contributed by atoms with Gasteiger partial charge < -0.3 is 15.2 Å². The first-order valence-electron chi connectivity index (χ1n) is 9.40. The second-order valence-corrected chi connectivity index (χ2v) is 7.75. The summed E-state index contributed by atoms with van der Waals surface area (Å²) in [6.07, 6.45) is 0.853. The maximum atomic E-state index is 13.0.